The Labute approximate surface area is 179 Å². The van der Waals surface area contributed by atoms with Crippen molar-refractivity contribution in [1.82, 2.24) is 9.97 Å². The molecule has 3 rings (SSSR count). The zero-order valence-corrected chi connectivity index (χ0v) is 16.4. The van der Waals surface area contributed by atoms with Crippen LogP contribution >= 0.6 is 0 Å². The fourth-order valence-electron chi connectivity index (χ4n) is 2.43. The van der Waals surface area contributed by atoms with E-state index in [1.54, 1.807) is 0 Å². The van der Waals surface area contributed by atoms with Gasteiger partial charge in [0.2, 0.25) is 11.7 Å². The SMILES string of the molecule is CC(Oc1ccc(Oc2ccc(C(F)(F)F)cn2)cc1)C(=O)Nc1ncccc1[N+](=O)[O-]. The van der Waals surface area contributed by atoms with Gasteiger partial charge in [-0.3, -0.25) is 14.9 Å². The maximum absolute atomic E-state index is 12.6. The molecule has 32 heavy (non-hydrogen) atoms. The minimum absolute atomic E-state index is 0.0311. The Hall–Kier alpha value is -4.22. The number of rotatable bonds is 7. The largest absolute Gasteiger partial charge is 0.481 e. The number of carbonyl (C=O) groups excluding carboxylic acids is 1. The number of amides is 1. The summed E-state index contributed by atoms with van der Waals surface area (Å²) in [4.78, 5) is 30.0. The predicted molar refractivity (Wildman–Crippen MR) is 105 cm³/mol. The van der Waals surface area contributed by atoms with Crippen LogP contribution in [-0.2, 0) is 11.0 Å². The highest BCUT2D eigenvalue weighted by Gasteiger charge is 2.30. The van der Waals surface area contributed by atoms with Crippen LogP contribution in [0.1, 0.15) is 12.5 Å². The van der Waals surface area contributed by atoms with Gasteiger partial charge < -0.3 is 14.8 Å². The Balaban J connectivity index is 1.59. The first-order chi connectivity index (χ1) is 15.1. The maximum atomic E-state index is 12.6. The molecule has 0 aliphatic rings. The van der Waals surface area contributed by atoms with Crippen LogP contribution in [0.3, 0.4) is 0 Å². The Bertz CT molecular complexity index is 1110. The van der Waals surface area contributed by atoms with Crippen molar-refractivity contribution in [1.29, 1.82) is 0 Å². The predicted octanol–water partition coefficient (Wildman–Crippen LogP) is 4.60. The molecular formula is C20H15F3N4O5. The van der Waals surface area contributed by atoms with Crippen molar-refractivity contribution in [3.05, 3.63) is 76.6 Å². The summed E-state index contributed by atoms with van der Waals surface area (Å²) in [6, 6.07) is 10.4. The van der Waals surface area contributed by atoms with Crippen LogP contribution in [0.4, 0.5) is 24.7 Å². The Morgan fingerprint density at radius 2 is 1.78 bits per heavy atom. The van der Waals surface area contributed by atoms with E-state index in [9.17, 15) is 28.1 Å². The standard InChI is InChI=1S/C20H15F3N4O5/c1-12(19(28)26-18-16(27(29)30)3-2-10-24-18)31-14-5-7-15(8-6-14)32-17-9-4-13(11-25-17)20(21,22)23/h2-12H,1H3,(H,24,26,28). The summed E-state index contributed by atoms with van der Waals surface area (Å²) in [5, 5.41) is 13.3. The van der Waals surface area contributed by atoms with Gasteiger partial charge in [0.05, 0.1) is 10.5 Å². The van der Waals surface area contributed by atoms with Gasteiger partial charge in [0.15, 0.2) is 6.10 Å². The molecule has 0 aliphatic heterocycles. The number of benzene rings is 1. The highest BCUT2D eigenvalue weighted by atomic mass is 19.4. The van der Waals surface area contributed by atoms with Crippen LogP contribution in [0, 0.1) is 10.1 Å². The fraction of sp³-hybridized carbons (Fsp3) is 0.150. The van der Waals surface area contributed by atoms with Gasteiger partial charge >= 0.3 is 11.9 Å². The number of nitro groups is 1. The van der Waals surface area contributed by atoms with Gasteiger partial charge in [0, 0.05) is 24.5 Å². The van der Waals surface area contributed by atoms with E-state index in [-0.39, 0.29) is 28.9 Å². The number of hydrogen-bond donors (Lipinski definition) is 1. The molecule has 1 amide bonds. The molecule has 166 valence electrons. The molecule has 3 aromatic rings. The lowest BCUT2D eigenvalue weighted by molar-refractivity contribution is -0.384. The molecule has 2 heterocycles. The molecule has 0 bridgehead atoms. The second-order valence-corrected chi connectivity index (χ2v) is 6.33. The molecule has 0 fully saturated rings. The van der Waals surface area contributed by atoms with Crippen LogP contribution in [0.15, 0.2) is 60.9 Å². The van der Waals surface area contributed by atoms with Gasteiger partial charge in [-0.2, -0.15) is 13.2 Å². The molecule has 0 radical (unpaired) electrons. The normalized spacial score (nSPS) is 12.0. The zero-order chi connectivity index (χ0) is 23.3. The van der Waals surface area contributed by atoms with E-state index in [0.717, 1.165) is 12.1 Å². The minimum atomic E-state index is -4.49. The lowest BCUT2D eigenvalue weighted by atomic mass is 10.3. The highest BCUT2D eigenvalue weighted by Crippen LogP contribution is 2.30. The molecule has 1 aromatic carbocycles. The molecule has 2 aromatic heterocycles. The Morgan fingerprint density at radius 3 is 2.38 bits per heavy atom. The van der Waals surface area contributed by atoms with Crippen molar-refractivity contribution in [2.45, 2.75) is 19.2 Å². The van der Waals surface area contributed by atoms with Gasteiger partial charge in [-0.15, -0.1) is 0 Å². The van der Waals surface area contributed by atoms with Crippen molar-refractivity contribution >= 4 is 17.4 Å². The smallest absolute Gasteiger partial charge is 0.417 e. The molecule has 12 heteroatoms. The lowest BCUT2D eigenvalue weighted by Crippen LogP contribution is -2.30. The topological polar surface area (TPSA) is 116 Å². The quantitative estimate of drug-likeness (QED) is 0.415. The highest BCUT2D eigenvalue weighted by molar-refractivity contribution is 5.94. The number of nitrogens with one attached hydrogen (secondary N) is 1. The molecule has 0 saturated carbocycles. The Morgan fingerprint density at radius 1 is 1.09 bits per heavy atom. The van der Waals surface area contributed by atoms with E-state index in [4.69, 9.17) is 9.47 Å². The summed E-state index contributed by atoms with van der Waals surface area (Å²) in [6.45, 7) is 1.45. The van der Waals surface area contributed by atoms with Crippen LogP contribution in [0.2, 0.25) is 0 Å². The summed E-state index contributed by atoms with van der Waals surface area (Å²) < 4.78 is 48.6. The monoisotopic (exact) mass is 448 g/mol. The van der Waals surface area contributed by atoms with Crippen molar-refractivity contribution in [2.24, 2.45) is 0 Å². The number of pyridine rings is 2. The number of anilines is 1. The minimum Gasteiger partial charge on any atom is -0.481 e. The zero-order valence-electron chi connectivity index (χ0n) is 16.4. The molecule has 1 unspecified atom stereocenters. The molecule has 0 aliphatic carbocycles. The van der Waals surface area contributed by atoms with E-state index < -0.39 is 28.7 Å². The number of nitrogens with zero attached hydrogens (tertiary/aromatic N) is 3. The van der Waals surface area contributed by atoms with Gasteiger partial charge in [-0.05, 0) is 43.3 Å². The van der Waals surface area contributed by atoms with E-state index >= 15 is 0 Å². The number of aromatic nitrogens is 2. The molecule has 0 spiro atoms. The summed E-state index contributed by atoms with van der Waals surface area (Å²) in [6.07, 6.45) is -3.54. The van der Waals surface area contributed by atoms with Crippen molar-refractivity contribution < 1.29 is 32.4 Å². The maximum Gasteiger partial charge on any atom is 0.417 e. The van der Waals surface area contributed by atoms with Crippen LogP contribution in [-0.4, -0.2) is 26.9 Å². The van der Waals surface area contributed by atoms with Crippen molar-refractivity contribution in [2.75, 3.05) is 5.32 Å². The van der Waals surface area contributed by atoms with Crippen molar-refractivity contribution in [3.63, 3.8) is 0 Å². The number of ether oxygens (including phenoxy) is 2. The third-order valence-corrected chi connectivity index (χ3v) is 4.02. The first-order valence-electron chi connectivity index (χ1n) is 9.01. The molecular weight excluding hydrogens is 433 g/mol. The second kappa shape index (κ2) is 9.29. The third-order valence-electron chi connectivity index (χ3n) is 4.02. The summed E-state index contributed by atoms with van der Waals surface area (Å²) in [5.41, 5.74) is -1.25. The average Bonchev–Trinajstić information content (AvgIpc) is 2.75. The van der Waals surface area contributed by atoms with Crippen LogP contribution in [0.5, 0.6) is 17.4 Å². The summed E-state index contributed by atoms with van der Waals surface area (Å²) in [5.74, 6) is -0.315. The van der Waals surface area contributed by atoms with Crippen LogP contribution < -0.4 is 14.8 Å². The van der Waals surface area contributed by atoms with E-state index in [1.165, 1.54) is 49.5 Å². The van der Waals surface area contributed by atoms with Gasteiger partial charge in [0.1, 0.15) is 11.5 Å². The first-order valence-corrected chi connectivity index (χ1v) is 9.01. The van der Waals surface area contributed by atoms with E-state index in [1.807, 2.05) is 0 Å². The molecule has 1 atom stereocenters. The van der Waals surface area contributed by atoms with E-state index in [2.05, 4.69) is 15.3 Å². The fourth-order valence-corrected chi connectivity index (χ4v) is 2.43. The van der Waals surface area contributed by atoms with Gasteiger partial charge in [-0.25, -0.2) is 9.97 Å². The molecule has 0 saturated heterocycles. The summed E-state index contributed by atoms with van der Waals surface area (Å²) in [7, 11) is 0. The summed E-state index contributed by atoms with van der Waals surface area (Å²) >= 11 is 0. The lowest BCUT2D eigenvalue weighted by Gasteiger charge is -2.14. The van der Waals surface area contributed by atoms with Gasteiger partial charge in [0.25, 0.3) is 5.91 Å². The number of alkyl halides is 3. The van der Waals surface area contributed by atoms with E-state index in [0.29, 0.717) is 6.20 Å². The number of halogens is 3. The van der Waals surface area contributed by atoms with Crippen molar-refractivity contribution in [3.8, 4) is 17.4 Å². The first kappa shape index (κ1) is 22.5. The Kier molecular flexibility index (Phi) is 6.52. The molecule has 1 N–H and O–H groups in total. The van der Waals surface area contributed by atoms with Crippen LogP contribution in [0.25, 0.3) is 0 Å². The average molecular weight is 448 g/mol. The second-order valence-electron chi connectivity index (χ2n) is 6.33. The van der Waals surface area contributed by atoms with Gasteiger partial charge in [-0.1, -0.05) is 0 Å². The number of carbonyl (C=O) groups is 1. The molecule has 9 nitrogen and oxygen atoms in total. The third kappa shape index (κ3) is 5.68. The number of hydrogen-bond acceptors (Lipinski definition) is 7.